The van der Waals surface area contributed by atoms with E-state index in [1.54, 1.807) is 0 Å². The molecule has 0 bridgehead atoms. The Morgan fingerprint density at radius 2 is 2.05 bits per heavy atom. The molecule has 0 aromatic rings. The Kier molecular flexibility index (Phi) is 2.67. The molecule has 2 saturated carbocycles. The molecule has 19 heavy (non-hydrogen) atoms. The van der Waals surface area contributed by atoms with Crippen molar-refractivity contribution in [1.82, 2.24) is 0 Å². The molecule has 4 heteroatoms. The zero-order valence-electron chi connectivity index (χ0n) is 11.1. The summed E-state index contributed by atoms with van der Waals surface area (Å²) in [5.74, 6) is -0.538. The van der Waals surface area contributed by atoms with E-state index >= 15 is 0 Å². The molecule has 0 aromatic heterocycles. The second-order valence-electron chi connectivity index (χ2n) is 6.37. The average molecular weight is 264 g/mol. The van der Waals surface area contributed by atoms with Crippen LogP contribution in [0.25, 0.3) is 0 Å². The fourth-order valence-electron chi connectivity index (χ4n) is 4.06. The fraction of sp³-hybridized carbons (Fsp3) is 0.667. The Hall–Kier alpha value is -1.13. The maximum absolute atomic E-state index is 11.6. The van der Waals surface area contributed by atoms with Crippen molar-refractivity contribution in [2.75, 3.05) is 0 Å². The summed E-state index contributed by atoms with van der Waals surface area (Å²) in [6, 6.07) is 0. The van der Waals surface area contributed by atoms with Gasteiger partial charge >= 0.3 is 5.97 Å². The molecule has 1 heterocycles. The molecule has 4 nitrogen and oxygen atoms in total. The summed E-state index contributed by atoms with van der Waals surface area (Å²) in [6.45, 7) is 9.79. The highest BCUT2D eigenvalue weighted by molar-refractivity contribution is 5.91. The highest BCUT2D eigenvalue weighted by atomic mass is 16.6. The number of hydrogen-bond donors (Lipinski definition) is 2. The summed E-state index contributed by atoms with van der Waals surface area (Å²) in [4.78, 5) is 11.6. The van der Waals surface area contributed by atoms with Gasteiger partial charge < -0.3 is 14.9 Å². The lowest BCUT2D eigenvalue weighted by atomic mass is 9.54. The molecule has 2 N–H and O–H groups in total. The first kappa shape index (κ1) is 12.9. The van der Waals surface area contributed by atoms with Gasteiger partial charge in [0.05, 0.1) is 12.2 Å². The van der Waals surface area contributed by atoms with Crippen LogP contribution in [0.1, 0.15) is 26.2 Å². The van der Waals surface area contributed by atoms with Crippen LogP contribution < -0.4 is 0 Å². The molecule has 3 aliphatic rings. The number of carbonyl (C=O) groups is 1. The molecule has 0 radical (unpaired) electrons. The SMILES string of the molecule is C=C1[C@H](O)CC[C@]2(C)[C@@H]1C[C@H]1C(=C)C(=O)O[C@@H]1[C@@H]2O. The molecule has 0 aromatic carbocycles. The Morgan fingerprint density at radius 1 is 1.37 bits per heavy atom. The van der Waals surface area contributed by atoms with E-state index in [-0.39, 0.29) is 17.3 Å². The van der Waals surface area contributed by atoms with E-state index in [4.69, 9.17) is 4.74 Å². The van der Waals surface area contributed by atoms with Gasteiger partial charge in [0.25, 0.3) is 0 Å². The first-order chi connectivity index (χ1) is 8.86. The van der Waals surface area contributed by atoms with Crippen molar-refractivity contribution < 1.29 is 19.7 Å². The number of rotatable bonds is 0. The van der Waals surface area contributed by atoms with E-state index in [2.05, 4.69) is 13.2 Å². The van der Waals surface area contributed by atoms with Crippen LogP contribution in [0.3, 0.4) is 0 Å². The molecule has 0 amide bonds. The van der Waals surface area contributed by atoms with Gasteiger partial charge in [-0.15, -0.1) is 0 Å². The third-order valence-electron chi connectivity index (χ3n) is 5.45. The van der Waals surface area contributed by atoms with Crippen LogP contribution in [0.5, 0.6) is 0 Å². The van der Waals surface area contributed by atoms with Crippen molar-refractivity contribution in [1.29, 1.82) is 0 Å². The minimum Gasteiger partial charge on any atom is -0.456 e. The summed E-state index contributed by atoms with van der Waals surface area (Å²) >= 11 is 0. The minimum absolute atomic E-state index is 0.0127. The van der Waals surface area contributed by atoms with Crippen LogP contribution in [0, 0.1) is 17.3 Å². The maximum atomic E-state index is 11.6. The Morgan fingerprint density at radius 3 is 2.74 bits per heavy atom. The largest absolute Gasteiger partial charge is 0.456 e. The number of hydrogen-bond acceptors (Lipinski definition) is 4. The molecule has 6 atom stereocenters. The van der Waals surface area contributed by atoms with Crippen LogP contribution in [0.2, 0.25) is 0 Å². The number of fused-ring (bicyclic) bond motifs is 2. The Labute approximate surface area is 112 Å². The summed E-state index contributed by atoms with van der Waals surface area (Å²) < 4.78 is 5.29. The first-order valence-corrected chi connectivity index (χ1v) is 6.81. The monoisotopic (exact) mass is 264 g/mol. The van der Waals surface area contributed by atoms with E-state index in [0.29, 0.717) is 24.8 Å². The minimum atomic E-state index is -0.719. The van der Waals surface area contributed by atoms with Gasteiger partial charge in [-0.05, 0) is 30.8 Å². The van der Waals surface area contributed by atoms with Gasteiger partial charge in [-0.3, -0.25) is 0 Å². The molecule has 104 valence electrons. The lowest BCUT2D eigenvalue weighted by Gasteiger charge is -2.53. The van der Waals surface area contributed by atoms with Crippen molar-refractivity contribution in [3.63, 3.8) is 0 Å². The van der Waals surface area contributed by atoms with E-state index in [1.165, 1.54) is 0 Å². The van der Waals surface area contributed by atoms with Crippen molar-refractivity contribution in [3.8, 4) is 0 Å². The van der Waals surface area contributed by atoms with Crippen molar-refractivity contribution in [2.45, 2.75) is 44.5 Å². The summed E-state index contributed by atoms with van der Waals surface area (Å²) in [7, 11) is 0. The highest BCUT2D eigenvalue weighted by Gasteiger charge is 2.59. The zero-order valence-corrected chi connectivity index (χ0v) is 11.1. The van der Waals surface area contributed by atoms with Crippen LogP contribution in [0.4, 0.5) is 0 Å². The van der Waals surface area contributed by atoms with Gasteiger partial charge in [-0.2, -0.15) is 0 Å². The normalized spacial score (nSPS) is 49.6. The van der Waals surface area contributed by atoms with Crippen LogP contribution >= 0.6 is 0 Å². The smallest absolute Gasteiger partial charge is 0.334 e. The van der Waals surface area contributed by atoms with Crippen LogP contribution in [-0.4, -0.2) is 34.5 Å². The van der Waals surface area contributed by atoms with E-state index in [1.807, 2.05) is 6.92 Å². The molecular weight excluding hydrogens is 244 g/mol. The molecule has 1 aliphatic heterocycles. The van der Waals surface area contributed by atoms with E-state index in [0.717, 1.165) is 5.57 Å². The molecule has 3 fully saturated rings. The highest BCUT2D eigenvalue weighted by Crippen LogP contribution is 2.56. The van der Waals surface area contributed by atoms with Crippen molar-refractivity contribution >= 4 is 5.97 Å². The number of ether oxygens (including phenoxy) is 1. The van der Waals surface area contributed by atoms with Gasteiger partial charge in [-0.1, -0.05) is 20.1 Å². The number of carbonyl (C=O) groups excluding carboxylic acids is 1. The van der Waals surface area contributed by atoms with E-state index in [9.17, 15) is 15.0 Å². The lowest BCUT2D eigenvalue weighted by molar-refractivity contribution is -0.164. The number of aliphatic hydroxyl groups is 2. The molecule has 2 aliphatic carbocycles. The first-order valence-electron chi connectivity index (χ1n) is 6.81. The van der Waals surface area contributed by atoms with Gasteiger partial charge in [-0.25, -0.2) is 4.79 Å². The molecule has 3 rings (SSSR count). The van der Waals surface area contributed by atoms with Gasteiger partial charge in [0.15, 0.2) is 0 Å². The molecule has 0 spiro atoms. The number of aliphatic hydroxyl groups excluding tert-OH is 2. The molecule has 1 saturated heterocycles. The number of esters is 1. The zero-order chi connectivity index (χ0) is 13.9. The third kappa shape index (κ3) is 1.56. The summed E-state index contributed by atoms with van der Waals surface area (Å²) in [6.07, 6.45) is 0.293. The van der Waals surface area contributed by atoms with Gasteiger partial charge in [0.1, 0.15) is 6.10 Å². The second-order valence-corrected chi connectivity index (χ2v) is 6.37. The standard InChI is InChI=1S/C15H20O4/c1-7-9-6-10-8(2)11(16)4-5-15(10,3)13(17)12(9)19-14(7)18/h9-13,16-17H,1-2,4-6H2,3H3/t9-,10+,11+,12-,13-,15+/m0/s1. The quantitative estimate of drug-likeness (QED) is 0.392. The average Bonchev–Trinajstić information content (AvgIpc) is 2.66. The Bertz CT molecular complexity index is 469. The fourth-order valence-corrected chi connectivity index (χ4v) is 4.06. The molecular formula is C15H20O4. The van der Waals surface area contributed by atoms with Gasteiger partial charge in [0.2, 0.25) is 0 Å². The molecule has 0 unspecified atom stereocenters. The lowest BCUT2D eigenvalue weighted by Crippen LogP contribution is -2.56. The summed E-state index contributed by atoms with van der Waals surface area (Å²) in [5.41, 5.74) is 0.847. The van der Waals surface area contributed by atoms with Gasteiger partial charge in [0, 0.05) is 16.9 Å². The topological polar surface area (TPSA) is 66.8 Å². The van der Waals surface area contributed by atoms with Crippen molar-refractivity contribution in [3.05, 3.63) is 24.3 Å². The van der Waals surface area contributed by atoms with Crippen molar-refractivity contribution in [2.24, 2.45) is 17.3 Å². The van der Waals surface area contributed by atoms with Crippen LogP contribution in [0.15, 0.2) is 24.3 Å². The van der Waals surface area contributed by atoms with Crippen LogP contribution in [-0.2, 0) is 9.53 Å². The third-order valence-corrected chi connectivity index (χ3v) is 5.45. The maximum Gasteiger partial charge on any atom is 0.334 e. The van der Waals surface area contributed by atoms with E-state index < -0.39 is 24.3 Å². The predicted molar refractivity (Wildman–Crippen MR) is 69.1 cm³/mol. The predicted octanol–water partition coefficient (Wildman–Crippen LogP) is 1.18. The Balaban J connectivity index is 1.98. The second kappa shape index (κ2) is 3.93. The summed E-state index contributed by atoms with van der Waals surface area (Å²) in [5, 5.41) is 20.6.